The molecule has 0 atom stereocenters. The Hall–Kier alpha value is -1.07. The summed E-state index contributed by atoms with van der Waals surface area (Å²) in [6, 6.07) is 3.58. The third-order valence-electron chi connectivity index (χ3n) is 1.76. The van der Waals surface area contributed by atoms with Gasteiger partial charge >= 0.3 is 0 Å². The molecule has 3 heteroatoms. The molecular formula is C10H11ClN2. The van der Waals surface area contributed by atoms with Gasteiger partial charge in [0.1, 0.15) is 0 Å². The van der Waals surface area contributed by atoms with Crippen LogP contribution in [-0.4, -0.2) is 4.98 Å². The van der Waals surface area contributed by atoms with E-state index in [0.29, 0.717) is 11.0 Å². The minimum atomic E-state index is 0.00597. The molecule has 0 spiro atoms. The Bertz CT molecular complexity index is 358. The van der Waals surface area contributed by atoms with Crippen LogP contribution in [-0.2, 0) is 5.41 Å². The summed E-state index contributed by atoms with van der Waals surface area (Å²) < 4.78 is 0. The summed E-state index contributed by atoms with van der Waals surface area (Å²) in [5.74, 6) is 0.359. The number of hydrogen-bond acceptors (Lipinski definition) is 1. The first-order valence-electron chi connectivity index (χ1n) is 3.99. The Morgan fingerprint density at radius 2 is 2.00 bits per heavy atom. The number of aromatic nitrogens is 1. The highest BCUT2D eigenvalue weighted by Gasteiger charge is 2.16. The minimum absolute atomic E-state index is 0.00597. The van der Waals surface area contributed by atoms with Gasteiger partial charge in [-0.1, -0.05) is 27.3 Å². The Balaban J connectivity index is 3.26. The summed E-state index contributed by atoms with van der Waals surface area (Å²) in [6.45, 7) is 13.1. The molecule has 0 aliphatic carbocycles. The molecule has 68 valence electrons. The lowest BCUT2D eigenvalue weighted by atomic mass is 9.88. The smallest absolute Gasteiger partial charge is 0.271 e. The topological polar surface area (TPSA) is 17.2 Å². The van der Waals surface area contributed by atoms with Gasteiger partial charge in [-0.3, -0.25) is 0 Å². The van der Waals surface area contributed by atoms with Crippen molar-refractivity contribution in [1.29, 1.82) is 0 Å². The molecule has 0 fully saturated rings. The van der Waals surface area contributed by atoms with Crippen LogP contribution < -0.4 is 0 Å². The van der Waals surface area contributed by atoms with Gasteiger partial charge in [0.15, 0.2) is 0 Å². The number of rotatable bonds is 0. The van der Waals surface area contributed by atoms with Gasteiger partial charge in [0.05, 0.1) is 0 Å². The molecule has 0 aliphatic rings. The third kappa shape index (κ3) is 2.43. The zero-order valence-electron chi connectivity index (χ0n) is 7.93. The third-order valence-corrected chi connectivity index (χ3v) is 1.95. The number of hydrogen-bond donors (Lipinski definition) is 0. The van der Waals surface area contributed by atoms with Crippen LogP contribution in [0.4, 0.5) is 5.82 Å². The molecule has 0 saturated heterocycles. The van der Waals surface area contributed by atoms with Crippen molar-refractivity contribution in [3.05, 3.63) is 34.3 Å². The highest BCUT2D eigenvalue weighted by atomic mass is 35.5. The Morgan fingerprint density at radius 3 is 2.46 bits per heavy atom. The van der Waals surface area contributed by atoms with Crippen LogP contribution in [0.5, 0.6) is 0 Å². The second kappa shape index (κ2) is 3.35. The monoisotopic (exact) mass is 194 g/mol. The van der Waals surface area contributed by atoms with E-state index in [2.05, 4.69) is 30.6 Å². The van der Waals surface area contributed by atoms with Crippen LogP contribution in [0.1, 0.15) is 26.3 Å². The SMILES string of the molecule is [C-]#[N+]c1cc(C(C)(C)C)cc(Cl)n1. The Kier molecular flexibility index (Phi) is 2.58. The average molecular weight is 195 g/mol. The van der Waals surface area contributed by atoms with Gasteiger partial charge in [-0.05, 0) is 28.6 Å². The second-order valence-corrected chi connectivity index (χ2v) is 4.29. The van der Waals surface area contributed by atoms with Gasteiger partial charge < -0.3 is 4.85 Å². The molecule has 1 aromatic heterocycles. The largest absolute Gasteiger partial charge is 0.361 e. The summed E-state index contributed by atoms with van der Waals surface area (Å²) >= 11 is 5.78. The van der Waals surface area contributed by atoms with Crippen LogP contribution in [0.3, 0.4) is 0 Å². The normalized spacial score (nSPS) is 11.0. The van der Waals surface area contributed by atoms with Gasteiger partial charge in [0.25, 0.3) is 5.82 Å². The maximum absolute atomic E-state index is 6.85. The van der Waals surface area contributed by atoms with E-state index < -0.39 is 0 Å². The first-order chi connectivity index (χ1) is 5.93. The molecular weight excluding hydrogens is 184 g/mol. The number of nitrogens with zero attached hydrogens (tertiary/aromatic N) is 2. The molecule has 1 aromatic rings. The van der Waals surface area contributed by atoms with Crippen LogP contribution >= 0.6 is 11.6 Å². The summed E-state index contributed by atoms with van der Waals surface area (Å²) in [6.07, 6.45) is 0. The average Bonchev–Trinajstić information content (AvgIpc) is 2.01. The van der Waals surface area contributed by atoms with Crippen molar-refractivity contribution < 1.29 is 0 Å². The van der Waals surface area contributed by atoms with Crippen molar-refractivity contribution in [1.82, 2.24) is 4.98 Å². The molecule has 0 radical (unpaired) electrons. The van der Waals surface area contributed by atoms with Crippen LogP contribution in [0.2, 0.25) is 5.15 Å². The fourth-order valence-electron chi connectivity index (χ4n) is 0.973. The molecule has 0 amide bonds. The van der Waals surface area contributed by atoms with Gasteiger partial charge in [0.2, 0.25) is 5.15 Å². The lowest BCUT2D eigenvalue weighted by Crippen LogP contribution is -2.10. The van der Waals surface area contributed by atoms with E-state index in [1.54, 1.807) is 12.1 Å². The lowest BCUT2D eigenvalue weighted by molar-refractivity contribution is 0.590. The molecule has 13 heavy (non-hydrogen) atoms. The van der Waals surface area contributed by atoms with Crippen molar-refractivity contribution >= 4 is 17.4 Å². The van der Waals surface area contributed by atoms with E-state index in [0.717, 1.165) is 5.56 Å². The molecule has 1 heterocycles. The Labute approximate surface area is 83.4 Å². The summed E-state index contributed by atoms with van der Waals surface area (Å²) in [5, 5.41) is 0.387. The van der Waals surface area contributed by atoms with Gasteiger partial charge in [-0.25, -0.2) is 0 Å². The van der Waals surface area contributed by atoms with Gasteiger partial charge in [-0.2, -0.15) is 0 Å². The zero-order valence-corrected chi connectivity index (χ0v) is 8.68. The minimum Gasteiger partial charge on any atom is -0.361 e. The van der Waals surface area contributed by atoms with Crippen molar-refractivity contribution in [2.75, 3.05) is 0 Å². The summed E-state index contributed by atoms with van der Waals surface area (Å²) in [4.78, 5) is 7.14. The van der Waals surface area contributed by atoms with E-state index in [1.165, 1.54) is 0 Å². The fraction of sp³-hybridized carbons (Fsp3) is 0.400. The van der Waals surface area contributed by atoms with Crippen LogP contribution in [0, 0.1) is 6.57 Å². The molecule has 0 aromatic carbocycles. The van der Waals surface area contributed by atoms with E-state index in [9.17, 15) is 0 Å². The van der Waals surface area contributed by atoms with Crippen molar-refractivity contribution in [2.24, 2.45) is 0 Å². The quantitative estimate of drug-likeness (QED) is 0.456. The van der Waals surface area contributed by atoms with Crippen molar-refractivity contribution in [3.8, 4) is 0 Å². The maximum Gasteiger partial charge on any atom is 0.271 e. The van der Waals surface area contributed by atoms with Crippen molar-refractivity contribution in [2.45, 2.75) is 26.2 Å². The number of pyridine rings is 1. The molecule has 0 bridgehead atoms. The molecule has 0 unspecified atom stereocenters. The maximum atomic E-state index is 6.85. The fourth-order valence-corrected chi connectivity index (χ4v) is 1.18. The lowest BCUT2D eigenvalue weighted by Gasteiger charge is -2.18. The van der Waals surface area contributed by atoms with E-state index in [1.807, 2.05) is 0 Å². The zero-order chi connectivity index (χ0) is 10.1. The van der Waals surface area contributed by atoms with E-state index in [-0.39, 0.29) is 5.41 Å². The molecule has 2 nitrogen and oxygen atoms in total. The second-order valence-electron chi connectivity index (χ2n) is 3.90. The predicted octanol–water partition coefficient (Wildman–Crippen LogP) is 3.58. The Morgan fingerprint density at radius 1 is 1.38 bits per heavy atom. The molecule has 0 N–H and O–H groups in total. The highest BCUT2D eigenvalue weighted by molar-refractivity contribution is 6.29. The van der Waals surface area contributed by atoms with Crippen LogP contribution in [0.15, 0.2) is 12.1 Å². The van der Waals surface area contributed by atoms with E-state index >= 15 is 0 Å². The van der Waals surface area contributed by atoms with Crippen LogP contribution in [0.25, 0.3) is 4.85 Å². The van der Waals surface area contributed by atoms with Gasteiger partial charge in [0, 0.05) is 6.07 Å². The first kappa shape index (κ1) is 10.0. The van der Waals surface area contributed by atoms with Crippen molar-refractivity contribution in [3.63, 3.8) is 0 Å². The summed E-state index contributed by atoms with van der Waals surface area (Å²) in [7, 11) is 0. The highest BCUT2D eigenvalue weighted by Crippen LogP contribution is 2.27. The molecule has 1 rings (SSSR count). The number of halogens is 1. The van der Waals surface area contributed by atoms with Gasteiger partial charge in [-0.15, -0.1) is 4.98 Å². The predicted molar refractivity (Wildman–Crippen MR) is 54.2 cm³/mol. The molecule has 0 saturated carbocycles. The molecule has 0 aliphatic heterocycles. The first-order valence-corrected chi connectivity index (χ1v) is 4.37. The summed E-state index contributed by atoms with van der Waals surface area (Å²) in [5.41, 5.74) is 1.05. The standard InChI is InChI=1S/C10H11ClN2/c1-10(2,3)7-5-8(11)13-9(6-7)12-4/h5-6H,1-3H3. The van der Waals surface area contributed by atoms with E-state index in [4.69, 9.17) is 18.2 Å².